The molecule has 1 aromatic carbocycles. The largest absolute Gasteiger partial charge is 0.376 e. The number of nitrogens with zero attached hydrogens (tertiary/aromatic N) is 2. The van der Waals surface area contributed by atoms with Crippen LogP contribution in [-0.4, -0.2) is 62.5 Å². The predicted octanol–water partition coefficient (Wildman–Crippen LogP) is 5.01. The molecule has 1 N–H and O–H groups in total. The van der Waals surface area contributed by atoms with Gasteiger partial charge in [0.25, 0.3) is 0 Å². The van der Waals surface area contributed by atoms with Crippen LogP contribution in [0.1, 0.15) is 57.4 Å². The van der Waals surface area contributed by atoms with Gasteiger partial charge in [-0.25, -0.2) is 0 Å². The molecule has 5 nitrogen and oxygen atoms in total. The number of nitrogens with one attached hydrogen (secondary N) is 1. The van der Waals surface area contributed by atoms with Gasteiger partial charge in [-0.3, -0.25) is 4.99 Å². The van der Waals surface area contributed by atoms with Crippen LogP contribution in [0.5, 0.6) is 0 Å². The Kier molecular flexibility index (Phi) is 9.74. The van der Waals surface area contributed by atoms with Crippen LogP contribution in [-0.2, 0) is 14.9 Å². The van der Waals surface area contributed by atoms with Gasteiger partial charge in [0.05, 0.1) is 25.4 Å². The summed E-state index contributed by atoms with van der Waals surface area (Å²) in [5.74, 6) is 1.05. The number of aliphatic imine (C=N–C) groups is 1. The molecule has 1 aromatic rings. The Balaban J connectivity index is 0.00000272. The standard InChI is InChI=1S/C24H36ClN3O2.HI/c1-2-26-23(27-18-24(12-13-24)19-6-8-20(25)9-7-19)28-14-10-21(11-15-28)30-17-22-5-3-4-16-29-22;/h6-9,21-22H,2-5,10-18H2,1H3,(H,26,27);1H. The summed E-state index contributed by atoms with van der Waals surface area (Å²) >= 11 is 6.07. The molecule has 0 aromatic heterocycles. The van der Waals surface area contributed by atoms with Gasteiger partial charge in [-0.15, -0.1) is 24.0 Å². The number of hydrogen-bond donors (Lipinski definition) is 1. The molecule has 4 rings (SSSR count). The number of ether oxygens (including phenoxy) is 2. The maximum absolute atomic E-state index is 6.18. The molecule has 3 fully saturated rings. The molecule has 2 aliphatic heterocycles. The summed E-state index contributed by atoms with van der Waals surface area (Å²) in [7, 11) is 0. The molecule has 7 heteroatoms. The molecule has 1 aliphatic carbocycles. The minimum Gasteiger partial charge on any atom is -0.376 e. The smallest absolute Gasteiger partial charge is 0.193 e. The maximum Gasteiger partial charge on any atom is 0.193 e. The van der Waals surface area contributed by atoms with Gasteiger partial charge in [0.2, 0.25) is 0 Å². The molecule has 174 valence electrons. The lowest BCUT2D eigenvalue weighted by Gasteiger charge is -2.35. The summed E-state index contributed by atoms with van der Waals surface area (Å²) in [5.41, 5.74) is 1.57. The first-order valence-electron chi connectivity index (χ1n) is 11.7. The van der Waals surface area contributed by atoms with E-state index in [-0.39, 0.29) is 29.4 Å². The first kappa shape index (κ1) is 25.1. The Labute approximate surface area is 209 Å². The number of piperidine rings is 1. The summed E-state index contributed by atoms with van der Waals surface area (Å²) < 4.78 is 12.0. The van der Waals surface area contributed by atoms with E-state index >= 15 is 0 Å². The van der Waals surface area contributed by atoms with E-state index in [4.69, 9.17) is 26.1 Å². The lowest BCUT2D eigenvalue weighted by Crippen LogP contribution is -2.47. The van der Waals surface area contributed by atoms with E-state index in [0.29, 0.717) is 12.2 Å². The first-order chi connectivity index (χ1) is 14.7. The van der Waals surface area contributed by atoms with Gasteiger partial charge >= 0.3 is 0 Å². The summed E-state index contributed by atoms with van der Waals surface area (Å²) in [6, 6.07) is 8.32. The molecule has 2 saturated heterocycles. The number of benzene rings is 1. The number of likely N-dealkylation sites (tertiary alicyclic amines) is 1. The number of guanidine groups is 1. The highest BCUT2D eigenvalue weighted by Gasteiger charge is 2.44. The van der Waals surface area contributed by atoms with E-state index in [1.54, 1.807) is 0 Å². The van der Waals surface area contributed by atoms with Crippen LogP contribution in [0.25, 0.3) is 0 Å². The Morgan fingerprint density at radius 1 is 1.19 bits per heavy atom. The summed E-state index contributed by atoms with van der Waals surface area (Å²) in [6.07, 6.45) is 8.78. The lowest BCUT2D eigenvalue weighted by atomic mass is 9.96. The van der Waals surface area contributed by atoms with E-state index in [9.17, 15) is 0 Å². The minimum absolute atomic E-state index is 0. The topological polar surface area (TPSA) is 46.1 Å². The molecule has 31 heavy (non-hydrogen) atoms. The van der Waals surface area contributed by atoms with Crippen molar-refractivity contribution in [2.24, 2.45) is 4.99 Å². The second-order valence-corrected chi connectivity index (χ2v) is 9.40. The third kappa shape index (κ3) is 6.95. The van der Waals surface area contributed by atoms with Crippen molar-refractivity contribution in [1.29, 1.82) is 0 Å². The van der Waals surface area contributed by atoms with Crippen LogP contribution in [0.4, 0.5) is 0 Å². The highest BCUT2D eigenvalue weighted by Crippen LogP contribution is 2.48. The average molecular weight is 562 g/mol. The summed E-state index contributed by atoms with van der Waals surface area (Å²) in [5, 5.41) is 4.30. The fraction of sp³-hybridized carbons (Fsp3) is 0.708. The highest BCUT2D eigenvalue weighted by molar-refractivity contribution is 14.0. The third-order valence-corrected chi connectivity index (χ3v) is 6.96. The number of hydrogen-bond acceptors (Lipinski definition) is 3. The van der Waals surface area contributed by atoms with Crippen molar-refractivity contribution in [2.75, 3.05) is 39.4 Å². The van der Waals surface area contributed by atoms with Crippen LogP contribution in [0.3, 0.4) is 0 Å². The summed E-state index contributed by atoms with van der Waals surface area (Å²) in [6.45, 7) is 7.51. The SMILES string of the molecule is CCNC(=NCC1(c2ccc(Cl)cc2)CC1)N1CCC(OCC2CCCCO2)CC1.I. The van der Waals surface area contributed by atoms with Gasteiger partial charge in [-0.1, -0.05) is 23.7 Å². The first-order valence-corrected chi connectivity index (χ1v) is 12.1. The average Bonchev–Trinajstić information content (AvgIpc) is 3.58. The Hall–Kier alpha value is -0.570. The van der Waals surface area contributed by atoms with E-state index in [2.05, 4.69) is 29.3 Å². The zero-order valence-electron chi connectivity index (χ0n) is 18.7. The van der Waals surface area contributed by atoms with Crippen LogP contribution in [0.2, 0.25) is 5.02 Å². The molecule has 0 amide bonds. The van der Waals surface area contributed by atoms with Crippen molar-refractivity contribution in [3.05, 3.63) is 34.9 Å². The van der Waals surface area contributed by atoms with Crippen LogP contribution in [0.15, 0.2) is 29.3 Å². The highest BCUT2D eigenvalue weighted by atomic mass is 127. The van der Waals surface area contributed by atoms with Crippen molar-refractivity contribution >= 4 is 41.5 Å². The van der Waals surface area contributed by atoms with Gasteiger partial charge in [-0.2, -0.15) is 0 Å². The van der Waals surface area contributed by atoms with Gasteiger partial charge < -0.3 is 19.7 Å². The molecule has 1 unspecified atom stereocenters. The van der Waals surface area contributed by atoms with Crippen LogP contribution >= 0.6 is 35.6 Å². The number of halogens is 2. The zero-order valence-corrected chi connectivity index (χ0v) is 21.7. The fourth-order valence-electron chi connectivity index (χ4n) is 4.56. The van der Waals surface area contributed by atoms with Gasteiger partial charge in [0.1, 0.15) is 0 Å². The second-order valence-electron chi connectivity index (χ2n) is 8.97. The van der Waals surface area contributed by atoms with Crippen molar-refractivity contribution < 1.29 is 9.47 Å². The normalized spacial score (nSPS) is 23.9. The molecular formula is C24H37ClIN3O2. The predicted molar refractivity (Wildman–Crippen MR) is 138 cm³/mol. The van der Waals surface area contributed by atoms with Gasteiger partial charge in [0.15, 0.2) is 5.96 Å². The van der Waals surface area contributed by atoms with E-state index in [1.807, 2.05) is 12.1 Å². The Morgan fingerprint density at radius 2 is 1.94 bits per heavy atom. The molecular weight excluding hydrogens is 525 g/mol. The summed E-state index contributed by atoms with van der Waals surface area (Å²) in [4.78, 5) is 7.45. The quantitative estimate of drug-likeness (QED) is 0.289. The molecule has 2 heterocycles. The molecule has 1 saturated carbocycles. The van der Waals surface area contributed by atoms with Gasteiger partial charge in [-0.05, 0) is 69.6 Å². The van der Waals surface area contributed by atoms with E-state index < -0.39 is 0 Å². The molecule has 0 bridgehead atoms. The Bertz CT molecular complexity index is 697. The van der Waals surface area contributed by atoms with E-state index in [0.717, 1.165) is 69.6 Å². The molecule has 0 radical (unpaired) electrons. The van der Waals surface area contributed by atoms with Gasteiger partial charge in [0, 0.05) is 36.7 Å². The molecule has 0 spiro atoms. The lowest BCUT2D eigenvalue weighted by molar-refractivity contribution is -0.0721. The van der Waals surface area contributed by atoms with Crippen LogP contribution < -0.4 is 5.32 Å². The fourth-order valence-corrected chi connectivity index (χ4v) is 4.69. The van der Waals surface area contributed by atoms with Crippen LogP contribution in [0, 0.1) is 0 Å². The van der Waals surface area contributed by atoms with E-state index in [1.165, 1.54) is 31.2 Å². The van der Waals surface area contributed by atoms with Crippen molar-refractivity contribution in [2.45, 2.75) is 69.5 Å². The van der Waals surface area contributed by atoms with Crippen molar-refractivity contribution in [3.63, 3.8) is 0 Å². The number of rotatable bonds is 7. The second kappa shape index (κ2) is 12.1. The zero-order chi connectivity index (χ0) is 20.8. The monoisotopic (exact) mass is 561 g/mol. The maximum atomic E-state index is 6.18. The molecule has 3 aliphatic rings. The minimum atomic E-state index is 0. The molecule has 1 atom stereocenters. The van der Waals surface area contributed by atoms with Crippen molar-refractivity contribution in [1.82, 2.24) is 10.2 Å². The van der Waals surface area contributed by atoms with Crippen molar-refractivity contribution in [3.8, 4) is 0 Å². The third-order valence-electron chi connectivity index (χ3n) is 6.71. The Morgan fingerprint density at radius 3 is 2.55 bits per heavy atom.